The lowest BCUT2D eigenvalue weighted by Crippen LogP contribution is -2.07. The number of carbonyl (C=O) groups is 1. The Kier molecular flexibility index (Phi) is 4.06. The molecule has 2 rings (SSSR count). The average molecular weight is 273 g/mol. The van der Waals surface area contributed by atoms with Crippen LogP contribution in [0.15, 0.2) is 36.4 Å². The average Bonchev–Trinajstić information content (AvgIpc) is 2.42. The Morgan fingerprint density at radius 2 is 1.74 bits per heavy atom. The van der Waals surface area contributed by atoms with Crippen molar-refractivity contribution in [3.63, 3.8) is 0 Å². The number of hydrogen-bond acceptors (Lipinski definition) is 1. The van der Waals surface area contributed by atoms with Gasteiger partial charge in [-0.3, -0.25) is 4.79 Å². The first-order valence-electron chi connectivity index (χ1n) is 6.44. The summed E-state index contributed by atoms with van der Waals surface area (Å²) in [6.07, 6.45) is 0.855. The van der Waals surface area contributed by atoms with Crippen molar-refractivity contribution in [1.82, 2.24) is 0 Å². The van der Waals surface area contributed by atoms with Crippen molar-refractivity contribution in [3.8, 4) is 0 Å². The first-order chi connectivity index (χ1) is 9.04. The van der Waals surface area contributed by atoms with E-state index in [-0.39, 0.29) is 5.78 Å². The van der Waals surface area contributed by atoms with E-state index in [4.69, 9.17) is 11.6 Å². The third kappa shape index (κ3) is 2.71. The second-order valence-electron chi connectivity index (χ2n) is 4.76. The minimum absolute atomic E-state index is 0.0784. The maximum absolute atomic E-state index is 12.7. The molecule has 2 aromatic rings. The number of rotatable bonds is 3. The Morgan fingerprint density at radius 3 is 2.42 bits per heavy atom. The van der Waals surface area contributed by atoms with Gasteiger partial charge in [0.25, 0.3) is 0 Å². The monoisotopic (exact) mass is 272 g/mol. The summed E-state index contributed by atoms with van der Waals surface area (Å²) in [7, 11) is 0. The van der Waals surface area contributed by atoms with Gasteiger partial charge in [0.2, 0.25) is 0 Å². The zero-order valence-corrected chi connectivity index (χ0v) is 12.2. The molecule has 0 fully saturated rings. The lowest BCUT2D eigenvalue weighted by Gasteiger charge is -2.10. The molecule has 0 bridgehead atoms. The van der Waals surface area contributed by atoms with E-state index < -0.39 is 0 Å². The molecule has 0 saturated carbocycles. The molecular weight excluding hydrogens is 256 g/mol. The normalized spacial score (nSPS) is 10.5. The molecule has 0 aromatic heterocycles. The third-order valence-corrected chi connectivity index (χ3v) is 3.80. The van der Waals surface area contributed by atoms with Crippen LogP contribution in [-0.2, 0) is 6.42 Å². The topological polar surface area (TPSA) is 17.1 Å². The highest BCUT2D eigenvalue weighted by Gasteiger charge is 2.15. The van der Waals surface area contributed by atoms with Crippen LogP contribution < -0.4 is 0 Å². The molecular formula is C17H17ClO. The number of halogens is 1. The van der Waals surface area contributed by atoms with Gasteiger partial charge in [-0.1, -0.05) is 42.8 Å². The van der Waals surface area contributed by atoms with E-state index in [0.29, 0.717) is 5.02 Å². The van der Waals surface area contributed by atoms with E-state index in [2.05, 4.69) is 6.92 Å². The molecule has 0 amide bonds. The smallest absolute Gasteiger partial charge is 0.193 e. The SMILES string of the molecule is CCc1ccccc1C(=O)c1cc(C)c(Cl)cc1C. The van der Waals surface area contributed by atoms with E-state index in [0.717, 1.165) is 34.2 Å². The fourth-order valence-electron chi connectivity index (χ4n) is 2.22. The molecule has 0 atom stereocenters. The molecule has 0 unspecified atom stereocenters. The number of benzene rings is 2. The van der Waals surface area contributed by atoms with Crippen LogP contribution in [0.4, 0.5) is 0 Å². The summed E-state index contributed by atoms with van der Waals surface area (Å²) in [4.78, 5) is 12.7. The van der Waals surface area contributed by atoms with Crippen molar-refractivity contribution in [1.29, 1.82) is 0 Å². The summed E-state index contributed by atoms with van der Waals surface area (Å²) in [5.41, 5.74) is 4.47. The van der Waals surface area contributed by atoms with Crippen molar-refractivity contribution in [2.24, 2.45) is 0 Å². The van der Waals surface area contributed by atoms with Crippen molar-refractivity contribution < 1.29 is 4.79 Å². The van der Waals surface area contributed by atoms with Gasteiger partial charge in [-0.05, 0) is 49.1 Å². The Hall–Kier alpha value is -1.60. The van der Waals surface area contributed by atoms with Gasteiger partial charge in [-0.15, -0.1) is 0 Å². The van der Waals surface area contributed by atoms with Crippen LogP contribution >= 0.6 is 11.6 Å². The van der Waals surface area contributed by atoms with Crippen LogP contribution in [0.5, 0.6) is 0 Å². The van der Waals surface area contributed by atoms with Crippen LogP contribution in [-0.4, -0.2) is 5.78 Å². The molecule has 2 heteroatoms. The van der Waals surface area contributed by atoms with Crippen LogP contribution in [0.1, 0.15) is 39.5 Å². The first-order valence-corrected chi connectivity index (χ1v) is 6.81. The maximum atomic E-state index is 12.7. The van der Waals surface area contributed by atoms with E-state index in [9.17, 15) is 4.79 Å². The van der Waals surface area contributed by atoms with Crippen LogP contribution in [0.2, 0.25) is 5.02 Å². The molecule has 19 heavy (non-hydrogen) atoms. The highest BCUT2D eigenvalue weighted by molar-refractivity contribution is 6.31. The van der Waals surface area contributed by atoms with Crippen molar-refractivity contribution in [3.05, 3.63) is 69.2 Å². The largest absolute Gasteiger partial charge is 0.289 e. The van der Waals surface area contributed by atoms with Gasteiger partial charge in [0, 0.05) is 16.1 Å². The summed E-state index contributed by atoms with van der Waals surface area (Å²) in [5, 5.41) is 0.706. The fourth-order valence-corrected chi connectivity index (χ4v) is 2.44. The van der Waals surface area contributed by atoms with E-state index >= 15 is 0 Å². The second kappa shape index (κ2) is 5.58. The molecule has 2 aromatic carbocycles. The summed E-state index contributed by atoms with van der Waals surface area (Å²) in [5.74, 6) is 0.0784. The predicted octanol–water partition coefficient (Wildman–Crippen LogP) is 4.75. The van der Waals surface area contributed by atoms with E-state index in [1.165, 1.54) is 0 Å². The highest BCUT2D eigenvalue weighted by Crippen LogP contribution is 2.24. The first kappa shape index (κ1) is 13.8. The maximum Gasteiger partial charge on any atom is 0.193 e. The second-order valence-corrected chi connectivity index (χ2v) is 5.16. The van der Waals surface area contributed by atoms with Crippen molar-refractivity contribution in [2.75, 3.05) is 0 Å². The van der Waals surface area contributed by atoms with Crippen molar-refractivity contribution >= 4 is 17.4 Å². The van der Waals surface area contributed by atoms with Gasteiger partial charge in [-0.25, -0.2) is 0 Å². The predicted molar refractivity (Wildman–Crippen MR) is 80.2 cm³/mol. The molecule has 0 aliphatic carbocycles. The summed E-state index contributed by atoms with van der Waals surface area (Å²) in [6, 6.07) is 11.5. The zero-order valence-electron chi connectivity index (χ0n) is 11.5. The Balaban J connectivity index is 2.53. The van der Waals surface area contributed by atoms with Gasteiger partial charge in [0.15, 0.2) is 5.78 Å². The fraction of sp³-hybridized carbons (Fsp3) is 0.235. The molecule has 0 saturated heterocycles. The van der Waals surface area contributed by atoms with Crippen LogP contribution in [0.25, 0.3) is 0 Å². The quantitative estimate of drug-likeness (QED) is 0.737. The molecule has 0 aliphatic heterocycles. The Morgan fingerprint density at radius 1 is 1.05 bits per heavy atom. The lowest BCUT2D eigenvalue weighted by atomic mass is 9.93. The van der Waals surface area contributed by atoms with Gasteiger partial charge >= 0.3 is 0 Å². The van der Waals surface area contributed by atoms with Gasteiger partial charge < -0.3 is 0 Å². The highest BCUT2D eigenvalue weighted by atomic mass is 35.5. The molecule has 1 nitrogen and oxygen atoms in total. The number of carbonyl (C=O) groups excluding carboxylic acids is 1. The summed E-state index contributed by atoms with van der Waals surface area (Å²) >= 11 is 6.08. The number of aryl methyl sites for hydroxylation is 3. The molecule has 0 radical (unpaired) electrons. The minimum Gasteiger partial charge on any atom is -0.289 e. The summed E-state index contributed by atoms with van der Waals surface area (Å²) in [6.45, 7) is 5.91. The van der Waals surface area contributed by atoms with Crippen LogP contribution in [0.3, 0.4) is 0 Å². The number of hydrogen-bond donors (Lipinski definition) is 0. The standard InChI is InChI=1S/C17H17ClO/c1-4-13-7-5-6-8-14(13)17(19)15-9-12(3)16(18)10-11(15)2/h5-10H,4H2,1-3H3. The minimum atomic E-state index is 0.0784. The zero-order chi connectivity index (χ0) is 14.0. The van der Waals surface area contributed by atoms with Crippen LogP contribution in [0, 0.1) is 13.8 Å². The van der Waals surface area contributed by atoms with E-state index in [1.54, 1.807) is 0 Å². The molecule has 98 valence electrons. The summed E-state index contributed by atoms with van der Waals surface area (Å²) < 4.78 is 0. The molecule has 0 N–H and O–H groups in total. The number of ketones is 1. The van der Waals surface area contributed by atoms with Gasteiger partial charge in [0.1, 0.15) is 0 Å². The van der Waals surface area contributed by atoms with Crippen molar-refractivity contribution in [2.45, 2.75) is 27.2 Å². The lowest BCUT2D eigenvalue weighted by molar-refractivity contribution is 0.103. The third-order valence-electron chi connectivity index (χ3n) is 3.39. The molecule has 0 spiro atoms. The molecule has 0 aliphatic rings. The Bertz CT molecular complexity index is 629. The Labute approximate surface area is 119 Å². The molecule has 0 heterocycles. The van der Waals surface area contributed by atoms with E-state index in [1.807, 2.05) is 50.2 Å². The van der Waals surface area contributed by atoms with Gasteiger partial charge in [0.05, 0.1) is 0 Å². The van der Waals surface area contributed by atoms with Gasteiger partial charge in [-0.2, -0.15) is 0 Å².